The van der Waals surface area contributed by atoms with Crippen molar-refractivity contribution in [3.05, 3.63) is 62.0 Å². The molecule has 3 heterocycles. The second-order valence-corrected chi connectivity index (χ2v) is 9.43. The Balaban J connectivity index is 1.85. The molecule has 186 valence electrons. The molecule has 0 amide bonds. The molecule has 1 fully saturated rings. The Hall–Kier alpha value is -2.96. The smallest absolute Gasteiger partial charge is 0.338 e. The summed E-state index contributed by atoms with van der Waals surface area (Å²) in [5, 5.41) is 14.7. The fourth-order valence-corrected chi connectivity index (χ4v) is 5.10. The van der Waals surface area contributed by atoms with Crippen LogP contribution in [0.25, 0.3) is 0 Å². The first-order chi connectivity index (χ1) is 16.5. The maximum Gasteiger partial charge on any atom is 0.338 e. The quantitative estimate of drug-likeness (QED) is 0.552. The monoisotopic (exact) mass is 528 g/mol. The molecule has 1 aromatic heterocycles. The van der Waals surface area contributed by atoms with Crippen LogP contribution in [-0.4, -0.2) is 64.9 Å². The molecule has 0 aliphatic carbocycles. The van der Waals surface area contributed by atoms with Crippen molar-refractivity contribution in [3.63, 3.8) is 0 Å². The molecule has 1 saturated heterocycles. The van der Waals surface area contributed by atoms with E-state index in [4.69, 9.17) is 16.3 Å². The van der Waals surface area contributed by atoms with Crippen molar-refractivity contribution in [2.24, 2.45) is 4.99 Å². The van der Waals surface area contributed by atoms with E-state index in [1.165, 1.54) is 17.4 Å². The highest BCUT2D eigenvalue weighted by Gasteiger charge is 2.49. The average molecular weight is 529 g/mol. The number of aliphatic imine (C=N–C) groups is 1. The molecule has 2 aliphatic rings. The van der Waals surface area contributed by atoms with Crippen LogP contribution in [0.2, 0.25) is 5.02 Å². The van der Waals surface area contributed by atoms with Gasteiger partial charge in [0.15, 0.2) is 10.8 Å². The summed E-state index contributed by atoms with van der Waals surface area (Å²) in [5.74, 6) is -5.81. The number of alkyl halides is 2. The van der Waals surface area contributed by atoms with E-state index >= 15 is 0 Å². The maximum atomic E-state index is 14.1. The average Bonchev–Trinajstić information content (AvgIpc) is 3.35. The third kappa shape index (κ3) is 5.19. The summed E-state index contributed by atoms with van der Waals surface area (Å²) in [4.78, 5) is 34.6. The number of nitrogens with one attached hydrogen (secondary N) is 1. The zero-order chi connectivity index (χ0) is 25.5. The van der Waals surface area contributed by atoms with Gasteiger partial charge in [-0.2, -0.15) is 0 Å². The van der Waals surface area contributed by atoms with Gasteiger partial charge in [0.1, 0.15) is 17.9 Å². The Kier molecular flexibility index (Phi) is 6.89. The summed E-state index contributed by atoms with van der Waals surface area (Å²) < 4.78 is 47.0. The number of rotatable bonds is 6. The molecule has 2 aromatic rings. The number of carbonyl (C=O) groups is 2. The summed E-state index contributed by atoms with van der Waals surface area (Å²) in [7, 11) is 1.14. The van der Waals surface area contributed by atoms with E-state index in [2.05, 4.69) is 15.3 Å². The van der Waals surface area contributed by atoms with Gasteiger partial charge in [-0.1, -0.05) is 17.7 Å². The van der Waals surface area contributed by atoms with E-state index in [1.54, 1.807) is 12.3 Å². The van der Waals surface area contributed by atoms with Crippen LogP contribution >= 0.6 is 22.9 Å². The molecule has 2 unspecified atom stereocenters. The summed E-state index contributed by atoms with van der Waals surface area (Å²) in [6.07, 6.45) is -0.858. The number of halogens is 4. The molecule has 35 heavy (non-hydrogen) atoms. The number of hydrogen-bond acceptors (Lipinski definition) is 8. The molecule has 0 saturated carbocycles. The van der Waals surface area contributed by atoms with Crippen LogP contribution in [0, 0.1) is 12.7 Å². The van der Waals surface area contributed by atoms with Gasteiger partial charge in [-0.3, -0.25) is 14.7 Å². The fourth-order valence-electron chi connectivity index (χ4n) is 4.09. The second kappa shape index (κ2) is 9.59. The number of carbonyl (C=O) groups excluding carboxylic acids is 1. The minimum absolute atomic E-state index is 0.00723. The molecule has 2 aliphatic heterocycles. The molecule has 0 bridgehead atoms. The summed E-state index contributed by atoms with van der Waals surface area (Å²) >= 11 is 7.55. The molecule has 8 nitrogen and oxygen atoms in total. The van der Waals surface area contributed by atoms with E-state index in [0.29, 0.717) is 10.7 Å². The number of aryl methyl sites for hydroxylation is 1. The number of likely N-dealkylation sites (tertiary alicyclic amines) is 1. The maximum absolute atomic E-state index is 14.1. The van der Waals surface area contributed by atoms with Gasteiger partial charge in [0.05, 0.1) is 19.2 Å². The first kappa shape index (κ1) is 25.1. The van der Waals surface area contributed by atoms with Crippen LogP contribution in [-0.2, 0) is 14.3 Å². The highest BCUT2D eigenvalue weighted by atomic mass is 35.5. The minimum Gasteiger partial charge on any atom is -0.480 e. The molecule has 1 aromatic carbocycles. The molecule has 2 N–H and O–H groups in total. The van der Waals surface area contributed by atoms with Gasteiger partial charge in [0, 0.05) is 40.3 Å². The molecule has 2 atom stereocenters. The van der Waals surface area contributed by atoms with Gasteiger partial charge in [-0.25, -0.2) is 22.9 Å². The molecule has 13 heteroatoms. The van der Waals surface area contributed by atoms with Gasteiger partial charge in [0.2, 0.25) is 0 Å². The number of aliphatic carboxylic acids is 1. The van der Waals surface area contributed by atoms with Crippen LogP contribution in [0.4, 0.5) is 13.2 Å². The zero-order valence-corrected chi connectivity index (χ0v) is 20.1. The van der Waals surface area contributed by atoms with E-state index in [-0.39, 0.29) is 34.2 Å². The third-order valence-electron chi connectivity index (χ3n) is 5.62. The minimum atomic E-state index is -3.22. The second-order valence-electron chi connectivity index (χ2n) is 8.17. The number of hydrogen-bond donors (Lipinski definition) is 2. The number of amidine groups is 1. The highest BCUT2D eigenvalue weighted by molar-refractivity contribution is 7.11. The largest absolute Gasteiger partial charge is 0.480 e. The van der Waals surface area contributed by atoms with Gasteiger partial charge in [0.25, 0.3) is 5.92 Å². The van der Waals surface area contributed by atoms with Crippen molar-refractivity contribution in [3.8, 4) is 0 Å². The van der Waals surface area contributed by atoms with Crippen LogP contribution in [0.3, 0.4) is 0 Å². The Bertz CT molecular complexity index is 1250. The van der Waals surface area contributed by atoms with Crippen molar-refractivity contribution in [1.82, 2.24) is 15.2 Å². The van der Waals surface area contributed by atoms with Crippen molar-refractivity contribution < 1.29 is 32.6 Å². The first-order valence-corrected chi connectivity index (χ1v) is 11.6. The summed E-state index contributed by atoms with van der Waals surface area (Å²) in [5.41, 5.74) is 1.04. The standard InChI is InChI=1S/C22H20ClF3N4O4S/c1-10-8-35-19(27-10)18-28-14(7-30-9-22(25,26)6-15(30)20(31)32)16(21(33)34-2)17(29-18)12-4-3-11(24)5-13(12)23/h3-5,8,15,17H,6-7,9H2,1-2H3,(H,28,29)(H,31,32). The first-order valence-electron chi connectivity index (χ1n) is 10.4. The zero-order valence-electron chi connectivity index (χ0n) is 18.5. The predicted octanol–water partition coefficient (Wildman–Crippen LogP) is 3.56. The number of ether oxygens (including phenoxy) is 1. The number of thiazole rings is 1. The summed E-state index contributed by atoms with van der Waals surface area (Å²) in [6.45, 7) is 0.627. The van der Waals surface area contributed by atoms with Crippen LogP contribution in [0.15, 0.2) is 39.8 Å². The third-order valence-corrected chi connectivity index (χ3v) is 6.92. The van der Waals surface area contributed by atoms with Gasteiger partial charge >= 0.3 is 11.9 Å². The number of methoxy groups -OCH3 is 1. The molecule has 0 radical (unpaired) electrons. The molecule has 0 spiro atoms. The number of aromatic nitrogens is 1. The SMILES string of the molecule is COC(=O)C1=C(CN2CC(F)(F)CC2C(=O)O)NC(c2nc(C)cs2)=NC1c1ccc(F)cc1Cl. The Morgan fingerprint density at radius 1 is 1.40 bits per heavy atom. The number of carboxylic acid groups (broad SMARTS) is 1. The number of carboxylic acids is 1. The van der Waals surface area contributed by atoms with E-state index in [9.17, 15) is 27.9 Å². The fraction of sp³-hybridized carbons (Fsp3) is 0.364. The normalized spacial score (nSPS) is 22.1. The molecular weight excluding hydrogens is 509 g/mol. The van der Waals surface area contributed by atoms with E-state index < -0.39 is 48.7 Å². The lowest BCUT2D eigenvalue weighted by molar-refractivity contribution is -0.142. The lowest BCUT2D eigenvalue weighted by Gasteiger charge is -2.30. The van der Waals surface area contributed by atoms with Crippen LogP contribution in [0.1, 0.15) is 28.7 Å². The van der Waals surface area contributed by atoms with Gasteiger partial charge in [-0.05, 0) is 19.1 Å². The van der Waals surface area contributed by atoms with E-state index in [0.717, 1.165) is 24.1 Å². The van der Waals surface area contributed by atoms with Gasteiger partial charge in [-0.15, -0.1) is 11.3 Å². The lowest BCUT2D eigenvalue weighted by atomic mass is 9.95. The number of nitrogens with zero attached hydrogens (tertiary/aromatic N) is 3. The number of benzene rings is 1. The Morgan fingerprint density at radius 2 is 2.14 bits per heavy atom. The molecular formula is C22H20ClF3N4O4S. The van der Waals surface area contributed by atoms with Crippen molar-refractivity contribution in [2.75, 3.05) is 20.2 Å². The van der Waals surface area contributed by atoms with E-state index in [1.807, 2.05) is 0 Å². The molecule has 4 rings (SSSR count). The Labute approximate surface area is 207 Å². The van der Waals surface area contributed by atoms with Crippen LogP contribution in [0.5, 0.6) is 0 Å². The van der Waals surface area contributed by atoms with Crippen molar-refractivity contribution >= 4 is 40.7 Å². The van der Waals surface area contributed by atoms with Crippen LogP contribution < -0.4 is 5.32 Å². The topological polar surface area (TPSA) is 104 Å². The number of esters is 1. The van der Waals surface area contributed by atoms with Crippen molar-refractivity contribution in [2.45, 2.75) is 31.4 Å². The predicted molar refractivity (Wildman–Crippen MR) is 122 cm³/mol. The summed E-state index contributed by atoms with van der Waals surface area (Å²) in [6, 6.07) is 1.04. The van der Waals surface area contributed by atoms with Crippen molar-refractivity contribution in [1.29, 1.82) is 0 Å². The van der Waals surface area contributed by atoms with Gasteiger partial charge < -0.3 is 15.2 Å². The lowest BCUT2D eigenvalue weighted by Crippen LogP contribution is -2.43. The Morgan fingerprint density at radius 3 is 2.74 bits per heavy atom. The highest BCUT2D eigenvalue weighted by Crippen LogP contribution is 2.38.